The molecule has 0 heterocycles. The molecule has 0 saturated heterocycles. The quantitative estimate of drug-likeness (QED) is 0.0166. The Morgan fingerprint density at radius 3 is 0.984 bits per heavy atom. The van der Waals surface area contributed by atoms with E-state index in [1.807, 2.05) is 0 Å². The van der Waals surface area contributed by atoms with Gasteiger partial charge in [-0.05, 0) is 32.1 Å². The molecule has 0 saturated carbocycles. The number of ether oxygens (including phenoxy) is 2. The Labute approximate surface area is 374 Å². The van der Waals surface area contributed by atoms with Gasteiger partial charge in [0.05, 0.1) is 26.4 Å². The second kappa shape index (κ2) is 42.4. The number of phosphoric acid groups is 2. The number of aliphatic hydroxyl groups excluding tert-OH is 3. The molecular weight excluding hydrogens is 842 g/mol. The van der Waals surface area contributed by atoms with Crippen LogP contribution in [0.1, 0.15) is 206 Å². The Morgan fingerprint density at radius 1 is 0.403 bits per heavy atom. The first kappa shape index (κ1) is 60.8. The Morgan fingerprint density at radius 2 is 0.661 bits per heavy atom. The molecule has 0 aromatic heterocycles. The van der Waals surface area contributed by atoms with Crippen LogP contribution in [0.25, 0.3) is 0 Å². The van der Waals surface area contributed by atoms with Crippen LogP contribution < -0.4 is 0 Å². The van der Waals surface area contributed by atoms with Crippen molar-refractivity contribution in [2.24, 2.45) is 0 Å². The van der Waals surface area contributed by atoms with Crippen molar-refractivity contribution in [1.29, 1.82) is 0 Å². The third-order valence-corrected chi connectivity index (χ3v) is 12.1. The maximum absolute atomic E-state index is 12.1. The van der Waals surface area contributed by atoms with E-state index in [1.165, 1.54) is 109 Å². The maximum Gasteiger partial charge on any atom is 0.472 e. The highest BCUT2D eigenvalue weighted by Crippen LogP contribution is 2.45. The number of hydrogen-bond donors (Lipinski definition) is 5. The van der Waals surface area contributed by atoms with Crippen molar-refractivity contribution >= 4 is 27.6 Å². The molecule has 5 N–H and O–H groups in total. The van der Waals surface area contributed by atoms with E-state index in [-0.39, 0.29) is 12.8 Å². The molecule has 0 aliphatic heterocycles. The zero-order valence-electron chi connectivity index (χ0n) is 38.6. The molecule has 5 atom stereocenters. The molecule has 0 fully saturated rings. The second-order valence-corrected chi connectivity index (χ2v) is 19.4. The summed E-state index contributed by atoms with van der Waals surface area (Å²) in [5.74, 6) is -0.997. The molecule has 5 unspecified atom stereocenters. The van der Waals surface area contributed by atoms with E-state index in [0.29, 0.717) is 12.8 Å². The predicted octanol–water partition coefficient (Wildman–Crippen LogP) is 10.7. The molecule has 0 spiro atoms. The molecule has 0 aromatic carbocycles. The normalized spacial score (nSPS) is 15.3. The summed E-state index contributed by atoms with van der Waals surface area (Å²) >= 11 is 0. The molecule has 0 radical (unpaired) electrons. The molecule has 0 amide bonds. The van der Waals surface area contributed by atoms with Crippen molar-refractivity contribution in [3.8, 4) is 0 Å². The van der Waals surface area contributed by atoms with Gasteiger partial charge in [-0.25, -0.2) is 9.13 Å². The van der Waals surface area contributed by atoms with Crippen LogP contribution in [0.4, 0.5) is 0 Å². The van der Waals surface area contributed by atoms with Gasteiger partial charge in [0.15, 0.2) is 0 Å². The lowest BCUT2D eigenvalue weighted by atomic mass is 10.0. The van der Waals surface area contributed by atoms with Gasteiger partial charge in [-0.15, -0.1) is 0 Å². The van der Waals surface area contributed by atoms with E-state index in [2.05, 4.69) is 44.1 Å². The summed E-state index contributed by atoms with van der Waals surface area (Å²) in [6.07, 6.45) is 33.5. The summed E-state index contributed by atoms with van der Waals surface area (Å²) in [5.41, 5.74) is 0. The third-order valence-electron chi connectivity index (χ3n) is 10.2. The predicted molar refractivity (Wildman–Crippen MR) is 242 cm³/mol. The molecule has 0 aromatic rings. The van der Waals surface area contributed by atoms with E-state index in [4.69, 9.17) is 9.47 Å². The topological polar surface area (TPSA) is 225 Å². The Kier molecular flexibility index (Phi) is 41.6. The number of hydrogen-bond acceptors (Lipinski definition) is 13. The van der Waals surface area contributed by atoms with Gasteiger partial charge >= 0.3 is 27.6 Å². The van der Waals surface area contributed by atoms with Gasteiger partial charge in [-0.1, -0.05) is 174 Å². The number of phosphoric ester groups is 2. The first-order chi connectivity index (χ1) is 29.8. The highest BCUT2D eigenvalue weighted by molar-refractivity contribution is 7.47. The van der Waals surface area contributed by atoms with Crippen LogP contribution in [0.2, 0.25) is 0 Å². The highest BCUT2D eigenvalue weighted by Gasteiger charge is 2.28. The Bertz CT molecular complexity index is 1170. The number of allylic oxidation sites excluding steroid dienone is 2. The SMILES string of the molecule is CCCC/C=C\CCCCCCCC(=O)OCC(O)COP(=O)(O)OCC(O)COP(=O)(O)OCC(O)COC(=O)CCCCCCCCCCCCCCCCCCCCC. The second-order valence-electron chi connectivity index (χ2n) is 16.5. The van der Waals surface area contributed by atoms with Crippen molar-refractivity contribution in [3.05, 3.63) is 12.2 Å². The van der Waals surface area contributed by atoms with Crippen molar-refractivity contribution < 1.29 is 71.4 Å². The van der Waals surface area contributed by atoms with Gasteiger partial charge in [0.25, 0.3) is 0 Å². The van der Waals surface area contributed by atoms with E-state index in [0.717, 1.165) is 57.8 Å². The minimum absolute atomic E-state index is 0.188. The van der Waals surface area contributed by atoms with Crippen molar-refractivity contribution in [2.45, 2.75) is 225 Å². The van der Waals surface area contributed by atoms with Crippen molar-refractivity contribution in [1.82, 2.24) is 0 Å². The van der Waals surface area contributed by atoms with E-state index < -0.39 is 85.5 Å². The Balaban J connectivity index is 3.84. The molecule has 0 rings (SSSR count). The standard InChI is InChI=1S/C45H88O15P2/c1-3-5-7-9-11-13-15-16-17-18-19-20-21-22-24-26-28-30-32-34-45(50)56-36-42(47)38-58-62(53,54)60-40-43(48)39-59-61(51,52)57-37-41(46)35-55-44(49)33-31-29-27-25-23-14-12-10-8-6-4-2/h10,12,41-43,46-48H,3-9,11,13-40H2,1-2H3,(H,51,52)(H,53,54)/b12-10-. The molecule has 0 aliphatic carbocycles. The first-order valence-electron chi connectivity index (χ1n) is 24.0. The van der Waals surface area contributed by atoms with Gasteiger partial charge in [-0.2, -0.15) is 0 Å². The number of rotatable bonds is 47. The van der Waals surface area contributed by atoms with E-state index in [1.54, 1.807) is 0 Å². The molecule has 15 nitrogen and oxygen atoms in total. The van der Waals surface area contributed by atoms with Crippen LogP contribution >= 0.6 is 15.6 Å². The molecule has 17 heteroatoms. The Hall–Kier alpha value is -1.22. The summed E-state index contributed by atoms with van der Waals surface area (Å²) in [7, 11) is -9.56. The van der Waals surface area contributed by atoms with E-state index in [9.17, 15) is 43.8 Å². The summed E-state index contributed by atoms with van der Waals surface area (Å²) in [6, 6.07) is 0. The van der Waals surface area contributed by atoms with Crippen LogP contribution in [0.15, 0.2) is 12.2 Å². The summed E-state index contributed by atoms with van der Waals surface area (Å²) in [6.45, 7) is 0.398. The van der Waals surface area contributed by atoms with Crippen LogP contribution in [0.3, 0.4) is 0 Å². The zero-order valence-corrected chi connectivity index (χ0v) is 40.3. The van der Waals surface area contributed by atoms with Gasteiger partial charge in [0, 0.05) is 12.8 Å². The smallest absolute Gasteiger partial charge is 0.463 e. The third kappa shape index (κ3) is 44.0. The highest BCUT2D eigenvalue weighted by atomic mass is 31.2. The fraction of sp³-hybridized carbons (Fsp3) is 0.911. The largest absolute Gasteiger partial charge is 0.472 e. The van der Waals surface area contributed by atoms with Gasteiger partial charge in [0.1, 0.15) is 31.5 Å². The van der Waals surface area contributed by atoms with Gasteiger partial charge in [-0.3, -0.25) is 27.7 Å². The van der Waals surface area contributed by atoms with Gasteiger partial charge < -0.3 is 34.6 Å². The lowest BCUT2D eigenvalue weighted by Crippen LogP contribution is -2.25. The monoisotopic (exact) mass is 931 g/mol. The number of unbranched alkanes of at least 4 members (excludes halogenated alkanes) is 25. The minimum Gasteiger partial charge on any atom is -0.463 e. The maximum atomic E-state index is 12.1. The lowest BCUT2D eigenvalue weighted by Gasteiger charge is -2.19. The van der Waals surface area contributed by atoms with Crippen LogP contribution in [-0.2, 0) is 46.3 Å². The van der Waals surface area contributed by atoms with Crippen LogP contribution in [0, 0.1) is 0 Å². The molecule has 368 valence electrons. The van der Waals surface area contributed by atoms with Crippen LogP contribution in [0.5, 0.6) is 0 Å². The number of aliphatic hydroxyl groups is 3. The number of carbonyl (C=O) groups is 2. The average molecular weight is 931 g/mol. The fourth-order valence-electron chi connectivity index (χ4n) is 6.43. The number of esters is 2. The number of carbonyl (C=O) groups excluding carboxylic acids is 2. The summed E-state index contributed by atoms with van der Waals surface area (Å²) < 4.78 is 52.9. The molecule has 0 bridgehead atoms. The average Bonchev–Trinajstić information content (AvgIpc) is 3.24. The van der Waals surface area contributed by atoms with Crippen LogP contribution in [-0.4, -0.2) is 95.0 Å². The van der Waals surface area contributed by atoms with Crippen molar-refractivity contribution in [2.75, 3.05) is 39.6 Å². The zero-order chi connectivity index (χ0) is 46.0. The lowest BCUT2D eigenvalue weighted by molar-refractivity contribution is -0.148. The summed E-state index contributed by atoms with van der Waals surface area (Å²) in [5, 5.41) is 30.0. The van der Waals surface area contributed by atoms with Gasteiger partial charge in [0.2, 0.25) is 0 Å². The van der Waals surface area contributed by atoms with Crippen molar-refractivity contribution in [3.63, 3.8) is 0 Å². The van der Waals surface area contributed by atoms with E-state index >= 15 is 0 Å². The first-order valence-corrected chi connectivity index (χ1v) is 27.0. The fourth-order valence-corrected chi connectivity index (χ4v) is 8.02. The minimum atomic E-state index is -4.78. The molecule has 62 heavy (non-hydrogen) atoms. The molecule has 0 aliphatic rings. The summed E-state index contributed by atoms with van der Waals surface area (Å²) in [4.78, 5) is 43.7. The molecular formula is C45H88O15P2.